The number of benzene rings is 1. The summed E-state index contributed by atoms with van der Waals surface area (Å²) in [4.78, 5) is 25.9. The van der Waals surface area contributed by atoms with E-state index in [1.54, 1.807) is 6.92 Å². The van der Waals surface area contributed by atoms with Crippen molar-refractivity contribution in [2.45, 2.75) is 39.0 Å². The Labute approximate surface area is 161 Å². The number of ether oxygens (including phenoxy) is 2. The molecule has 27 heavy (non-hydrogen) atoms. The average molecular weight is 391 g/mol. The van der Waals surface area contributed by atoms with Gasteiger partial charge in [-0.3, -0.25) is 4.79 Å². The van der Waals surface area contributed by atoms with Crippen LogP contribution in [-0.4, -0.2) is 25.1 Å². The van der Waals surface area contributed by atoms with E-state index in [4.69, 9.17) is 9.47 Å². The monoisotopic (exact) mass is 391 g/mol. The van der Waals surface area contributed by atoms with Gasteiger partial charge in [0.15, 0.2) is 6.61 Å². The molecule has 0 saturated carbocycles. The number of halogens is 1. The molecule has 0 saturated heterocycles. The Morgan fingerprint density at radius 2 is 1.89 bits per heavy atom. The van der Waals surface area contributed by atoms with Gasteiger partial charge in [-0.05, 0) is 62.4 Å². The zero-order valence-corrected chi connectivity index (χ0v) is 16.0. The molecular formula is C20H22FNO4S. The number of rotatable bonds is 6. The van der Waals surface area contributed by atoms with E-state index >= 15 is 0 Å². The van der Waals surface area contributed by atoms with Crippen molar-refractivity contribution >= 4 is 28.2 Å². The number of amides is 1. The second-order valence-electron chi connectivity index (χ2n) is 6.28. The number of hydrogen-bond acceptors (Lipinski definition) is 5. The lowest BCUT2D eigenvalue weighted by Crippen LogP contribution is -2.21. The number of anilines is 1. The van der Waals surface area contributed by atoms with E-state index in [2.05, 4.69) is 5.32 Å². The van der Waals surface area contributed by atoms with Crippen molar-refractivity contribution in [3.05, 3.63) is 46.1 Å². The minimum atomic E-state index is -0.397. The summed E-state index contributed by atoms with van der Waals surface area (Å²) in [5.74, 6) is -0.738. The number of aryl methyl sites for hydroxylation is 1. The third-order valence-corrected chi connectivity index (χ3v) is 5.54. The molecule has 0 radical (unpaired) electrons. The van der Waals surface area contributed by atoms with Gasteiger partial charge in [0.1, 0.15) is 16.6 Å². The molecule has 0 unspecified atom stereocenters. The molecular weight excluding hydrogens is 369 g/mol. The summed E-state index contributed by atoms with van der Waals surface area (Å²) >= 11 is 1.44. The smallest absolute Gasteiger partial charge is 0.341 e. The van der Waals surface area contributed by atoms with Crippen LogP contribution in [0.15, 0.2) is 24.3 Å². The summed E-state index contributed by atoms with van der Waals surface area (Å²) in [5, 5.41) is 3.31. The molecule has 0 aliphatic heterocycles. The maximum absolute atomic E-state index is 12.9. The van der Waals surface area contributed by atoms with E-state index in [-0.39, 0.29) is 24.9 Å². The largest absolute Gasteiger partial charge is 0.484 e. The van der Waals surface area contributed by atoms with Crippen LogP contribution in [-0.2, 0) is 22.4 Å². The molecule has 0 fully saturated rings. The molecule has 1 amide bonds. The Bertz CT molecular complexity index is 816. The van der Waals surface area contributed by atoms with Crippen molar-refractivity contribution in [1.82, 2.24) is 0 Å². The van der Waals surface area contributed by atoms with E-state index in [0.29, 0.717) is 16.3 Å². The summed E-state index contributed by atoms with van der Waals surface area (Å²) in [7, 11) is 0. The fraction of sp³-hybridized carbons (Fsp3) is 0.400. The zero-order valence-electron chi connectivity index (χ0n) is 15.2. The zero-order chi connectivity index (χ0) is 19.2. The Morgan fingerprint density at radius 3 is 2.63 bits per heavy atom. The van der Waals surface area contributed by atoms with Gasteiger partial charge in [-0.15, -0.1) is 11.3 Å². The number of hydrogen-bond donors (Lipinski definition) is 1. The van der Waals surface area contributed by atoms with Gasteiger partial charge >= 0.3 is 5.97 Å². The van der Waals surface area contributed by atoms with Crippen molar-refractivity contribution in [1.29, 1.82) is 0 Å². The number of esters is 1. The van der Waals surface area contributed by atoms with E-state index in [1.807, 2.05) is 0 Å². The van der Waals surface area contributed by atoms with Crippen molar-refractivity contribution in [3.8, 4) is 5.75 Å². The Balaban J connectivity index is 1.73. The lowest BCUT2D eigenvalue weighted by atomic mass is 10.1. The fourth-order valence-corrected chi connectivity index (χ4v) is 4.39. The molecule has 2 aromatic rings. The van der Waals surface area contributed by atoms with Crippen molar-refractivity contribution in [2.75, 3.05) is 18.5 Å². The van der Waals surface area contributed by atoms with Crippen LogP contribution in [0.25, 0.3) is 0 Å². The van der Waals surface area contributed by atoms with Crippen LogP contribution in [0.1, 0.15) is 47.0 Å². The standard InChI is InChI=1S/C20H22FNO4S/c1-2-25-20(24)18-15-6-4-3-5-7-16(15)27-19(18)22-17(23)12-26-14-10-8-13(21)9-11-14/h8-11H,2-7,12H2,1H3,(H,22,23). The molecule has 1 heterocycles. The summed E-state index contributed by atoms with van der Waals surface area (Å²) in [6.07, 6.45) is 4.97. The summed E-state index contributed by atoms with van der Waals surface area (Å²) in [6, 6.07) is 5.45. The lowest BCUT2D eigenvalue weighted by molar-refractivity contribution is -0.118. The van der Waals surface area contributed by atoms with Crippen molar-refractivity contribution < 1.29 is 23.5 Å². The minimum Gasteiger partial charge on any atom is -0.484 e. The fourth-order valence-electron chi connectivity index (χ4n) is 3.09. The average Bonchev–Trinajstić information content (AvgIpc) is 2.82. The topological polar surface area (TPSA) is 64.6 Å². The van der Waals surface area contributed by atoms with Crippen LogP contribution < -0.4 is 10.1 Å². The second-order valence-corrected chi connectivity index (χ2v) is 7.38. The molecule has 144 valence electrons. The van der Waals surface area contributed by atoms with Crippen molar-refractivity contribution in [3.63, 3.8) is 0 Å². The van der Waals surface area contributed by atoms with Gasteiger partial charge < -0.3 is 14.8 Å². The second kappa shape index (κ2) is 8.99. The highest BCUT2D eigenvalue weighted by molar-refractivity contribution is 7.17. The summed E-state index contributed by atoms with van der Waals surface area (Å²) in [5.41, 5.74) is 1.49. The van der Waals surface area contributed by atoms with Crippen LogP contribution in [0.5, 0.6) is 5.75 Å². The van der Waals surface area contributed by atoms with E-state index in [9.17, 15) is 14.0 Å². The van der Waals surface area contributed by atoms with Gasteiger partial charge in [-0.1, -0.05) is 6.42 Å². The van der Waals surface area contributed by atoms with Crippen LogP contribution in [0.4, 0.5) is 9.39 Å². The number of carbonyl (C=O) groups is 2. The van der Waals surface area contributed by atoms with Crippen LogP contribution in [0.3, 0.4) is 0 Å². The highest BCUT2D eigenvalue weighted by Gasteiger charge is 2.26. The number of carbonyl (C=O) groups excluding carboxylic acids is 2. The van der Waals surface area contributed by atoms with Gasteiger partial charge in [-0.25, -0.2) is 9.18 Å². The third-order valence-electron chi connectivity index (χ3n) is 4.34. The van der Waals surface area contributed by atoms with E-state index < -0.39 is 5.97 Å². The number of nitrogens with one attached hydrogen (secondary N) is 1. The first-order valence-electron chi connectivity index (χ1n) is 9.08. The minimum absolute atomic E-state index is 0.226. The molecule has 0 bridgehead atoms. The molecule has 1 N–H and O–H groups in total. The Hall–Kier alpha value is -2.41. The van der Waals surface area contributed by atoms with Gasteiger partial charge in [0.25, 0.3) is 5.91 Å². The first kappa shape index (κ1) is 19.4. The predicted molar refractivity (Wildman–Crippen MR) is 102 cm³/mol. The van der Waals surface area contributed by atoms with Crippen LogP contribution in [0, 0.1) is 5.82 Å². The SMILES string of the molecule is CCOC(=O)c1c(NC(=O)COc2ccc(F)cc2)sc2c1CCCCC2. The van der Waals surface area contributed by atoms with Crippen LogP contribution in [0.2, 0.25) is 0 Å². The summed E-state index contributed by atoms with van der Waals surface area (Å²) in [6.45, 7) is 1.82. The first-order chi connectivity index (χ1) is 13.1. The van der Waals surface area contributed by atoms with Gasteiger partial charge in [0, 0.05) is 4.88 Å². The summed E-state index contributed by atoms with van der Waals surface area (Å²) < 4.78 is 23.5. The Morgan fingerprint density at radius 1 is 1.15 bits per heavy atom. The van der Waals surface area contributed by atoms with Crippen LogP contribution >= 0.6 is 11.3 Å². The number of fused-ring (bicyclic) bond motifs is 1. The van der Waals surface area contributed by atoms with Gasteiger partial charge in [0.05, 0.1) is 12.2 Å². The molecule has 0 spiro atoms. The molecule has 1 aromatic carbocycles. The van der Waals surface area contributed by atoms with Crippen molar-refractivity contribution in [2.24, 2.45) is 0 Å². The van der Waals surface area contributed by atoms with E-state index in [1.165, 1.54) is 35.6 Å². The third kappa shape index (κ3) is 4.86. The number of thiophene rings is 1. The maximum atomic E-state index is 12.9. The molecule has 1 aliphatic rings. The molecule has 7 heteroatoms. The van der Waals surface area contributed by atoms with Gasteiger partial charge in [-0.2, -0.15) is 0 Å². The van der Waals surface area contributed by atoms with E-state index in [0.717, 1.165) is 42.5 Å². The molecule has 3 rings (SSSR count). The molecule has 0 atom stereocenters. The maximum Gasteiger partial charge on any atom is 0.341 e. The lowest BCUT2D eigenvalue weighted by Gasteiger charge is -2.09. The molecule has 1 aliphatic carbocycles. The predicted octanol–water partition coefficient (Wildman–Crippen LogP) is 4.35. The Kier molecular flexibility index (Phi) is 6.45. The first-order valence-corrected chi connectivity index (χ1v) is 9.90. The highest BCUT2D eigenvalue weighted by Crippen LogP contribution is 2.38. The normalized spacial score (nSPS) is 13.4. The molecule has 1 aromatic heterocycles. The highest BCUT2D eigenvalue weighted by atomic mass is 32.1. The quantitative estimate of drug-likeness (QED) is 0.587. The van der Waals surface area contributed by atoms with Gasteiger partial charge in [0.2, 0.25) is 0 Å². The molecule has 5 nitrogen and oxygen atoms in total.